The van der Waals surface area contributed by atoms with Crippen molar-refractivity contribution in [1.82, 2.24) is 40.4 Å². The van der Waals surface area contributed by atoms with Crippen molar-refractivity contribution in [2.75, 3.05) is 19.7 Å². The van der Waals surface area contributed by atoms with Crippen molar-refractivity contribution in [1.29, 1.82) is 0 Å². The second kappa shape index (κ2) is 17.3. The van der Waals surface area contributed by atoms with Crippen LogP contribution in [-0.2, 0) is 19.2 Å². The molecule has 13 nitrogen and oxygen atoms in total. The summed E-state index contributed by atoms with van der Waals surface area (Å²) in [4.78, 5) is 72.0. The Hall–Kier alpha value is -6.16. The lowest BCUT2D eigenvalue weighted by Crippen LogP contribution is -2.50. The van der Waals surface area contributed by atoms with Crippen molar-refractivity contribution in [3.8, 4) is 33.5 Å². The third kappa shape index (κ3) is 7.91. The van der Waals surface area contributed by atoms with Gasteiger partial charge in [0.25, 0.3) is 0 Å². The Balaban J connectivity index is 0.908. The molecule has 15 heteroatoms. The minimum absolute atomic E-state index is 0.0334. The van der Waals surface area contributed by atoms with Crippen molar-refractivity contribution >= 4 is 66.7 Å². The first kappa shape index (κ1) is 41.2. The van der Waals surface area contributed by atoms with E-state index in [0.717, 1.165) is 64.9 Å². The monoisotopic (exact) mass is 868 g/mol. The maximum atomic E-state index is 13.9. The van der Waals surface area contributed by atoms with Crippen LogP contribution >= 0.6 is 22.7 Å². The molecule has 4 amide bonds. The fourth-order valence-electron chi connectivity index (χ4n) is 8.90. The highest BCUT2D eigenvalue weighted by Gasteiger charge is 2.38. The molecule has 2 saturated heterocycles. The molecule has 6 heterocycles. The van der Waals surface area contributed by atoms with E-state index in [1.165, 1.54) is 27.5 Å². The number of nitrogens with one attached hydrogen (secondary N) is 4. The Morgan fingerprint density at radius 3 is 2.08 bits per heavy atom. The number of nitrogens with zero attached hydrogens (tertiary/aromatic N) is 4. The molecule has 2 fully saturated rings. The van der Waals surface area contributed by atoms with E-state index in [1.807, 2.05) is 43.0 Å². The van der Waals surface area contributed by atoms with E-state index in [-0.39, 0.29) is 35.7 Å². The summed E-state index contributed by atoms with van der Waals surface area (Å²) in [5.41, 5.74) is 8.79. The molecule has 0 bridgehead atoms. The number of aromatic amines is 2. The predicted octanol–water partition coefficient (Wildman–Crippen LogP) is 7.90. The summed E-state index contributed by atoms with van der Waals surface area (Å²) < 4.78 is 2.44. The Labute approximate surface area is 366 Å². The Bertz CT molecular complexity index is 2770. The topological polar surface area (TPSA) is 176 Å². The van der Waals surface area contributed by atoms with E-state index in [0.29, 0.717) is 24.5 Å². The number of amides is 4. The van der Waals surface area contributed by atoms with Gasteiger partial charge < -0.3 is 35.5 Å². The highest BCUT2D eigenvalue weighted by Crippen LogP contribution is 2.45. The van der Waals surface area contributed by atoms with Crippen LogP contribution in [0.1, 0.15) is 81.8 Å². The number of aliphatic hydroxyl groups excluding tert-OH is 1. The third-order valence-corrected chi connectivity index (χ3v) is 14.2. The molecule has 4 aromatic heterocycles. The summed E-state index contributed by atoms with van der Waals surface area (Å²) >= 11 is 3.46. The maximum absolute atomic E-state index is 13.9. The SMILES string of the molecule is CC(=O)N[C@H](C(=O)N1CCCC1c1nc2ccc(-c3csc4c(-c5ccc(-c6cnc(C7CCCN7C(=O)[C@H](NC(=O)CO)c7ccccc7)[nH]6)cc5)csc34)cc2[nH]1)C(C)C. The molecule has 7 aromatic rings. The molecule has 0 aliphatic carbocycles. The van der Waals surface area contributed by atoms with Gasteiger partial charge >= 0.3 is 0 Å². The molecule has 5 N–H and O–H groups in total. The molecule has 3 aromatic carbocycles. The van der Waals surface area contributed by atoms with Crippen LogP contribution < -0.4 is 10.6 Å². The van der Waals surface area contributed by atoms with Crippen LogP contribution in [0, 0.1) is 5.92 Å². The molecule has 2 aliphatic rings. The highest BCUT2D eigenvalue weighted by molar-refractivity contribution is 7.27. The Morgan fingerprint density at radius 1 is 0.790 bits per heavy atom. The molecule has 2 aliphatic heterocycles. The molecule has 62 heavy (non-hydrogen) atoms. The summed E-state index contributed by atoms with van der Waals surface area (Å²) in [6, 6.07) is 21.9. The van der Waals surface area contributed by atoms with Crippen LogP contribution in [0.25, 0.3) is 53.9 Å². The molecule has 0 radical (unpaired) electrons. The van der Waals surface area contributed by atoms with E-state index < -0.39 is 24.6 Å². The first-order valence-electron chi connectivity index (χ1n) is 21.1. The largest absolute Gasteiger partial charge is 0.387 e. The number of rotatable bonds is 12. The van der Waals surface area contributed by atoms with Gasteiger partial charge in [0.2, 0.25) is 23.6 Å². The predicted molar refractivity (Wildman–Crippen MR) is 242 cm³/mol. The molecular formula is C47H48N8O5S2. The van der Waals surface area contributed by atoms with Crippen LogP contribution in [0.5, 0.6) is 0 Å². The first-order chi connectivity index (χ1) is 30.1. The van der Waals surface area contributed by atoms with E-state index in [4.69, 9.17) is 9.97 Å². The molecule has 4 atom stereocenters. The van der Waals surface area contributed by atoms with Gasteiger partial charge in [-0.2, -0.15) is 0 Å². The average Bonchev–Trinajstić information content (AvgIpc) is 4.14. The molecule has 2 unspecified atom stereocenters. The number of fused-ring (bicyclic) bond motifs is 2. The van der Waals surface area contributed by atoms with Gasteiger partial charge in [-0.3, -0.25) is 19.2 Å². The fourth-order valence-corrected chi connectivity index (χ4v) is 11.4. The summed E-state index contributed by atoms with van der Waals surface area (Å²) in [5.74, 6) is 0.304. The van der Waals surface area contributed by atoms with Gasteiger partial charge in [0.15, 0.2) is 0 Å². The second-order valence-electron chi connectivity index (χ2n) is 16.4. The van der Waals surface area contributed by atoms with Gasteiger partial charge in [-0.15, -0.1) is 22.7 Å². The zero-order valence-corrected chi connectivity index (χ0v) is 36.3. The molecule has 0 saturated carbocycles. The number of imidazole rings is 2. The smallest absolute Gasteiger partial charge is 0.250 e. The number of carbonyl (C=O) groups is 4. The highest BCUT2D eigenvalue weighted by atomic mass is 32.1. The summed E-state index contributed by atoms with van der Waals surface area (Å²) in [6.07, 6.45) is 5.04. The van der Waals surface area contributed by atoms with Crippen molar-refractivity contribution < 1.29 is 24.3 Å². The maximum Gasteiger partial charge on any atom is 0.250 e. The van der Waals surface area contributed by atoms with Gasteiger partial charge in [-0.05, 0) is 66.0 Å². The number of carbonyl (C=O) groups excluding carboxylic acids is 4. The van der Waals surface area contributed by atoms with E-state index >= 15 is 0 Å². The quantitative estimate of drug-likeness (QED) is 0.0829. The Morgan fingerprint density at radius 2 is 1.42 bits per heavy atom. The lowest BCUT2D eigenvalue weighted by molar-refractivity contribution is -0.138. The Kier molecular flexibility index (Phi) is 11.5. The first-order valence-corrected chi connectivity index (χ1v) is 22.8. The number of H-pyrrole nitrogens is 2. The molecular weight excluding hydrogens is 821 g/mol. The normalized spacial score (nSPS) is 17.6. The molecule has 0 spiro atoms. The van der Waals surface area contributed by atoms with Crippen LogP contribution in [0.15, 0.2) is 89.8 Å². The lowest BCUT2D eigenvalue weighted by Gasteiger charge is -2.30. The van der Waals surface area contributed by atoms with Crippen LogP contribution in [0.4, 0.5) is 0 Å². The zero-order chi connectivity index (χ0) is 43.1. The summed E-state index contributed by atoms with van der Waals surface area (Å²) in [7, 11) is 0. The van der Waals surface area contributed by atoms with Crippen molar-refractivity contribution in [3.63, 3.8) is 0 Å². The number of likely N-dealkylation sites (tertiary alicyclic amines) is 2. The zero-order valence-electron chi connectivity index (χ0n) is 34.7. The van der Waals surface area contributed by atoms with Crippen molar-refractivity contribution in [3.05, 3.63) is 107 Å². The van der Waals surface area contributed by atoms with Crippen molar-refractivity contribution in [2.45, 2.75) is 70.6 Å². The second-order valence-corrected chi connectivity index (χ2v) is 18.2. The van der Waals surface area contributed by atoms with E-state index in [2.05, 4.69) is 67.8 Å². The number of aromatic nitrogens is 4. The van der Waals surface area contributed by atoms with Gasteiger partial charge in [0, 0.05) is 41.9 Å². The van der Waals surface area contributed by atoms with Gasteiger partial charge in [-0.1, -0.05) is 74.5 Å². The molecule has 318 valence electrons. The fraction of sp³-hybridized carbons (Fsp3) is 0.319. The van der Waals surface area contributed by atoms with E-state index in [1.54, 1.807) is 45.9 Å². The van der Waals surface area contributed by atoms with Crippen LogP contribution in [0.3, 0.4) is 0 Å². The summed E-state index contributed by atoms with van der Waals surface area (Å²) in [5, 5.41) is 19.4. The van der Waals surface area contributed by atoms with E-state index in [9.17, 15) is 24.3 Å². The van der Waals surface area contributed by atoms with Crippen LogP contribution in [0.2, 0.25) is 0 Å². The number of hydrogen-bond acceptors (Lipinski definition) is 9. The van der Waals surface area contributed by atoms with Crippen LogP contribution in [-0.4, -0.2) is 84.2 Å². The number of thiophene rings is 2. The van der Waals surface area contributed by atoms with Crippen molar-refractivity contribution in [2.24, 2.45) is 5.92 Å². The number of benzene rings is 3. The minimum Gasteiger partial charge on any atom is -0.387 e. The standard InChI is InChI=1S/C47H48N8O5S2/c1-26(2)40(49-27(3)57)46(59)55-20-8-12-38(55)45-50-34-18-17-31(21-35(34)51-45)33-25-62-42-32(24-61-43(33)42)28-13-15-29(16-14-28)36-22-48-44(52-36)37-11-7-19-54(37)47(60)41(53-39(58)23-56)30-9-5-4-6-10-30/h4-6,9-10,13-18,21-22,24-26,37-38,40-41,56H,7-8,11-12,19-20,23H2,1-3H3,(H,48,52)(H,49,57)(H,50,51)(H,53,58)/t37?,38?,40-,41+/m0/s1. The lowest BCUT2D eigenvalue weighted by atomic mass is 10.0. The third-order valence-electron chi connectivity index (χ3n) is 12.0. The van der Waals surface area contributed by atoms with Gasteiger partial charge in [0.05, 0.1) is 44.4 Å². The number of hydrogen-bond donors (Lipinski definition) is 5. The minimum atomic E-state index is -0.913. The van der Waals surface area contributed by atoms with Gasteiger partial charge in [-0.25, -0.2) is 9.97 Å². The average molecular weight is 869 g/mol. The number of aliphatic hydroxyl groups is 1. The molecule has 9 rings (SSSR count). The summed E-state index contributed by atoms with van der Waals surface area (Å²) in [6.45, 7) is 5.81. The van der Waals surface area contributed by atoms with Gasteiger partial charge in [0.1, 0.15) is 30.3 Å².